The van der Waals surface area contributed by atoms with E-state index in [4.69, 9.17) is 14.6 Å². The van der Waals surface area contributed by atoms with Crippen molar-refractivity contribution < 1.29 is 37.7 Å². The molecule has 1 amide bonds. The monoisotopic (exact) mass is 558 g/mol. The number of amides is 1. The van der Waals surface area contributed by atoms with Crippen LogP contribution in [-0.4, -0.2) is 75.2 Å². The number of aliphatic hydroxyl groups excluding tert-OH is 1. The standard InChI is InChI=1S/C20H21BrN4O3.C2HF3O2/c21-14-1-4-17(5-2-14)28-12-19(26)20(27)25-8-7-16(11-25)23-15-3-6-18-13(9-15)10-22-24-18;3-2(4,5)1(6)7/h1-6,9-10,16,19,23,26H,7-8,11-12H2,(H,22,24);(H,6,7)/t16?,19-;/m0./s1. The fraction of sp³-hybridized carbons (Fsp3) is 0.318. The van der Waals surface area contributed by atoms with Gasteiger partial charge in [-0.1, -0.05) is 15.9 Å². The molecule has 0 radical (unpaired) electrons. The van der Waals surface area contributed by atoms with Crippen molar-refractivity contribution in [1.29, 1.82) is 0 Å². The van der Waals surface area contributed by atoms with Gasteiger partial charge in [-0.2, -0.15) is 18.3 Å². The minimum absolute atomic E-state index is 0.0633. The highest BCUT2D eigenvalue weighted by Gasteiger charge is 2.38. The molecule has 2 atom stereocenters. The molecule has 13 heteroatoms. The number of carboxylic acids is 1. The van der Waals surface area contributed by atoms with Crippen molar-refractivity contribution in [3.05, 3.63) is 53.1 Å². The fourth-order valence-corrected chi connectivity index (χ4v) is 3.60. The maximum absolute atomic E-state index is 12.5. The van der Waals surface area contributed by atoms with Gasteiger partial charge in [-0.05, 0) is 48.9 Å². The molecular weight excluding hydrogens is 537 g/mol. The summed E-state index contributed by atoms with van der Waals surface area (Å²) in [5, 5.41) is 28.8. The topological polar surface area (TPSA) is 128 Å². The van der Waals surface area contributed by atoms with Crippen LogP contribution in [0.4, 0.5) is 18.9 Å². The van der Waals surface area contributed by atoms with Crippen LogP contribution in [0, 0.1) is 0 Å². The van der Waals surface area contributed by atoms with Gasteiger partial charge in [0.25, 0.3) is 5.91 Å². The molecule has 4 rings (SSSR count). The van der Waals surface area contributed by atoms with E-state index in [0.29, 0.717) is 18.8 Å². The molecule has 2 heterocycles. The molecule has 35 heavy (non-hydrogen) atoms. The number of hydrogen-bond donors (Lipinski definition) is 4. The molecule has 4 N–H and O–H groups in total. The molecule has 0 aliphatic carbocycles. The van der Waals surface area contributed by atoms with Crippen LogP contribution in [0.5, 0.6) is 5.75 Å². The summed E-state index contributed by atoms with van der Waals surface area (Å²) < 4.78 is 38.2. The zero-order valence-electron chi connectivity index (χ0n) is 18.1. The first-order valence-corrected chi connectivity index (χ1v) is 11.2. The Hall–Kier alpha value is -3.32. The van der Waals surface area contributed by atoms with Gasteiger partial charge in [-0.3, -0.25) is 9.89 Å². The zero-order valence-corrected chi connectivity index (χ0v) is 19.7. The summed E-state index contributed by atoms with van der Waals surface area (Å²) in [5.41, 5.74) is 1.98. The number of hydrogen-bond acceptors (Lipinski definition) is 6. The van der Waals surface area contributed by atoms with E-state index in [-0.39, 0.29) is 18.6 Å². The number of H-pyrrole nitrogens is 1. The molecule has 0 saturated carbocycles. The molecule has 1 aliphatic heterocycles. The average Bonchev–Trinajstić information content (AvgIpc) is 3.47. The van der Waals surface area contributed by atoms with E-state index in [2.05, 4.69) is 31.4 Å². The van der Waals surface area contributed by atoms with Crippen LogP contribution >= 0.6 is 15.9 Å². The molecule has 188 valence electrons. The van der Waals surface area contributed by atoms with Gasteiger partial charge in [0.1, 0.15) is 12.4 Å². The van der Waals surface area contributed by atoms with Crippen molar-refractivity contribution in [2.75, 3.05) is 25.0 Å². The van der Waals surface area contributed by atoms with E-state index >= 15 is 0 Å². The van der Waals surface area contributed by atoms with Crippen molar-refractivity contribution in [2.24, 2.45) is 0 Å². The highest BCUT2D eigenvalue weighted by Crippen LogP contribution is 2.21. The fourth-order valence-electron chi connectivity index (χ4n) is 3.33. The van der Waals surface area contributed by atoms with Gasteiger partial charge in [0.2, 0.25) is 0 Å². The van der Waals surface area contributed by atoms with Gasteiger partial charge >= 0.3 is 12.1 Å². The number of anilines is 1. The molecule has 1 aromatic heterocycles. The highest BCUT2D eigenvalue weighted by atomic mass is 79.9. The van der Waals surface area contributed by atoms with E-state index in [1.807, 2.05) is 30.3 Å². The number of nitrogens with one attached hydrogen (secondary N) is 2. The predicted molar refractivity (Wildman–Crippen MR) is 124 cm³/mol. The summed E-state index contributed by atoms with van der Waals surface area (Å²) in [5.74, 6) is -2.44. The molecule has 1 fully saturated rings. The van der Waals surface area contributed by atoms with Crippen LogP contribution in [0.1, 0.15) is 6.42 Å². The Morgan fingerprint density at radius 2 is 1.94 bits per heavy atom. The maximum Gasteiger partial charge on any atom is 0.490 e. The Kier molecular flexibility index (Phi) is 8.57. The summed E-state index contributed by atoms with van der Waals surface area (Å²) in [7, 11) is 0. The second-order valence-electron chi connectivity index (χ2n) is 7.67. The number of alkyl halides is 3. The normalized spacial score (nSPS) is 16.4. The van der Waals surface area contributed by atoms with Crippen molar-refractivity contribution >= 4 is 44.4 Å². The highest BCUT2D eigenvalue weighted by molar-refractivity contribution is 9.10. The van der Waals surface area contributed by atoms with E-state index in [1.165, 1.54) is 0 Å². The summed E-state index contributed by atoms with van der Waals surface area (Å²) in [6, 6.07) is 13.4. The van der Waals surface area contributed by atoms with E-state index in [9.17, 15) is 23.1 Å². The lowest BCUT2D eigenvalue weighted by Gasteiger charge is -2.21. The van der Waals surface area contributed by atoms with Crippen LogP contribution in [0.25, 0.3) is 10.9 Å². The molecule has 0 spiro atoms. The quantitative estimate of drug-likeness (QED) is 0.365. The molecule has 2 aromatic carbocycles. The van der Waals surface area contributed by atoms with Crippen LogP contribution < -0.4 is 10.1 Å². The first-order valence-electron chi connectivity index (χ1n) is 10.4. The number of carbonyl (C=O) groups is 2. The summed E-state index contributed by atoms with van der Waals surface area (Å²) in [4.78, 5) is 23.1. The lowest BCUT2D eigenvalue weighted by atomic mass is 10.2. The maximum atomic E-state index is 12.5. The molecule has 9 nitrogen and oxygen atoms in total. The summed E-state index contributed by atoms with van der Waals surface area (Å²) in [6.45, 7) is 1.10. The van der Waals surface area contributed by atoms with Gasteiger partial charge in [0, 0.05) is 34.7 Å². The van der Waals surface area contributed by atoms with Crippen LogP contribution in [-0.2, 0) is 9.59 Å². The molecular formula is C22H22BrF3N4O5. The minimum Gasteiger partial charge on any atom is -0.490 e. The number of carboxylic acid groups (broad SMARTS) is 1. The first kappa shape index (κ1) is 26.3. The first-order chi connectivity index (χ1) is 16.5. The number of aromatic nitrogens is 2. The SMILES string of the molecule is O=C(O)C(F)(F)F.O=C([C@@H](O)COc1ccc(Br)cc1)N1CCC(Nc2ccc3[nH]ncc3c2)C1. The van der Waals surface area contributed by atoms with E-state index in [1.54, 1.807) is 23.2 Å². The number of aromatic amines is 1. The lowest BCUT2D eigenvalue weighted by Crippen LogP contribution is -2.41. The third-order valence-electron chi connectivity index (χ3n) is 5.06. The number of carbonyl (C=O) groups excluding carboxylic acids is 1. The Bertz CT molecular complexity index is 1160. The predicted octanol–water partition coefficient (Wildman–Crippen LogP) is 3.41. The Balaban J connectivity index is 0.000000429. The second-order valence-corrected chi connectivity index (χ2v) is 8.59. The lowest BCUT2D eigenvalue weighted by molar-refractivity contribution is -0.192. The Labute approximate surface area is 206 Å². The van der Waals surface area contributed by atoms with Crippen molar-refractivity contribution in [2.45, 2.75) is 24.7 Å². The third kappa shape index (κ3) is 7.59. The largest absolute Gasteiger partial charge is 0.490 e. The number of nitrogens with zero attached hydrogens (tertiary/aromatic N) is 2. The minimum atomic E-state index is -5.08. The number of fused-ring (bicyclic) bond motifs is 1. The van der Waals surface area contributed by atoms with Crippen LogP contribution in [0.3, 0.4) is 0 Å². The second kappa shape index (κ2) is 11.4. The van der Waals surface area contributed by atoms with E-state index in [0.717, 1.165) is 27.5 Å². The average molecular weight is 559 g/mol. The Morgan fingerprint density at radius 3 is 2.60 bits per heavy atom. The van der Waals surface area contributed by atoms with Gasteiger partial charge in [-0.25, -0.2) is 4.79 Å². The molecule has 0 bridgehead atoms. The Morgan fingerprint density at radius 1 is 1.26 bits per heavy atom. The number of rotatable bonds is 6. The van der Waals surface area contributed by atoms with E-state index < -0.39 is 18.2 Å². The summed E-state index contributed by atoms with van der Waals surface area (Å²) >= 11 is 3.36. The zero-order chi connectivity index (χ0) is 25.6. The van der Waals surface area contributed by atoms with Crippen molar-refractivity contribution in [1.82, 2.24) is 15.1 Å². The number of likely N-dealkylation sites (tertiary alicyclic amines) is 1. The third-order valence-corrected chi connectivity index (χ3v) is 5.59. The van der Waals surface area contributed by atoms with Crippen molar-refractivity contribution in [3.63, 3.8) is 0 Å². The molecule has 1 saturated heterocycles. The van der Waals surface area contributed by atoms with Crippen LogP contribution in [0.15, 0.2) is 53.1 Å². The van der Waals surface area contributed by atoms with Gasteiger partial charge in [0.05, 0.1) is 11.7 Å². The number of ether oxygens (including phenoxy) is 1. The smallest absolute Gasteiger partial charge is 0.490 e. The van der Waals surface area contributed by atoms with Crippen molar-refractivity contribution in [3.8, 4) is 5.75 Å². The summed E-state index contributed by atoms with van der Waals surface area (Å²) in [6.07, 6.45) is -3.65. The molecule has 1 unspecified atom stereocenters. The number of aliphatic hydroxyl groups is 1. The number of benzene rings is 2. The van der Waals surface area contributed by atoms with Crippen LogP contribution in [0.2, 0.25) is 0 Å². The molecule has 3 aromatic rings. The molecule has 1 aliphatic rings. The number of halogens is 4. The van der Waals surface area contributed by atoms with Gasteiger partial charge in [-0.15, -0.1) is 0 Å². The van der Waals surface area contributed by atoms with Gasteiger partial charge in [0.15, 0.2) is 6.10 Å². The number of aliphatic carboxylic acids is 1. The van der Waals surface area contributed by atoms with Gasteiger partial charge < -0.3 is 25.2 Å².